The van der Waals surface area contributed by atoms with Crippen molar-refractivity contribution in [2.75, 3.05) is 6.54 Å². The van der Waals surface area contributed by atoms with Crippen molar-refractivity contribution >= 4 is 29.1 Å². The zero-order valence-corrected chi connectivity index (χ0v) is 16.2. The summed E-state index contributed by atoms with van der Waals surface area (Å²) < 4.78 is 5.49. The minimum atomic E-state index is -0.248. The smallest absolute Gasteiger partial charge is 0.254 e. The topological polar surface area (TPSA) is 59.2 Å². The molecule has 4 rings (SSSR count). The number of rotatable bonds is 3. The summed E-state index contributed by atoms with van der Waals surface area (Å²) in [5.41, 5.74) is 2.50. The number of nitrogens with zero attached hydrogens (tertiary/aromatic N) is 3. The van der Waals surface area contributed by atoms with Crippen molar-refractivity contribution in [2.24, 2.45) is 0 Å². The van der Waals surface area contributed by atoms with E-state index in [2.05, 4.69) is 10.1 Å². The average molecular weight is 402 g/mol. The first-order valence-corrected chi connectivity index (χ1v) is 9.44. The first-order chi connectivity index (χ1) is 13.0. The minimum absolute atomic E-state index is 0.142. The van der Waals surface area contributed by atoms with Gasteiger partial charge in [0.25, 0.3) is 5.91 Å². The molecule has 0 saturated carbocycles. The monoisotopic (exact) mass is 401 g/mol. The molecule has 0 bridgehead atoms. The fourth-order valence-electron chi connectivity index (χ4n) is 3.30. The second kappa shape index (κ2) is 7.33. The third-order valence-corrected chi connectivity index (χ3v) is 5.10. The fraction of sp³-hybridized carbons (Fsp3) is 0.250. The standard InChI is InChI=1S/C20H17Cl2N3O2/c1-12-4-6-13(7-5-12)18-23-19(27-24-18)17-3-2-8-25(17)20(26)14-9-15(21)11-16(22)10-14/h4-7,9-11,17H,2-3,8H2,1H3. The van der Waals surface area contributed by atoms with Gasteiger partial charge in [0.1, 0.15) is 6.04 Å². The summed E-state index contributed by atoms with van der Waals surface area (Å²) >= 11 is 12.1. The molecule has 138 valence electrons. The first-order valence-electron chi connectivity index (χ1n) is 8.69. The number of likely N-dealkylation sites (tertiary alicyclic amines) is 1. The predicted octanol–water partition coefficient (Wildman–Crippen LogP) is 5.33. The normalized spacial score (nSPS) is 16.7. The zero-order valence-electron chi connectivity index (χ0n) is 14.7. The van der Waals surface area contributed by atoms with E-state index in [1.54, 1.807) is 23.1 Å². The Bertz CT molecular complexity index is 965. The van der Waals surface area contributed by atoms with Crippen molar-refractivity contribution < 1.29 is 9.32 Å². The Morgan fingerprint density at radius 2 is 1.85 bits per heavy atom. The lowest BCUT2D eigenvalue weighted by Crippen LogP contribution is -2.30. The number of hydrogen-bond acceptors (Lipinski definition) is 4. The summed E-state index contributed by atoms with van der Waals surface area (Å²) in [5.74, 6) is 0.830. The molecule has 5 nitrogen and oxygen atoms in total. The predicted molar refractivity (Wildman–Crippen MR) is 104 cm³/mol. The van der Waals surface area contributed by atoms with E-state index in [0.717, 1.165) is 24.0 Å². The Balaban J connectivity index is 1.60. The summed E-state index contributed by atoms with van der Waals surface area (Å²) in [4.78, 5) is 19.2. The highest BCUT2D eigenvalue weighted by Gasteiger charge is 2.34. The number of aromatic nitrogens is 2. The molecule has 1 fully saturated rings. The highest BCUT2D eigenvalue weighted by molar-refractivity contribution is 6.35. The van der Waals surface area contributed by atoms with Crippen LogP contribution in [-0.4, -0.2) is 27.5 Å². The molecule has 3 aromatic rings. The van der Waals surface area contributed by atoms with E-state index in [-0.39, 0.29) is 11.9 Å². The third kappa shape index (κ3) is 3.70. The molecule has 27 heavy (non-hydrogen) atoms. The van der Waals surface area contributed by atoms with Crippen molar-refractivity contribution in [3.63, 3.8) is 0 Å². The minimum Gasteiger partial charge on any atom is -0.337 e. The molecule has 2 heterocycles. The molecule has 0 spiro atoms. The highest BCUT2D eigenvalue weighted by atomic mass is 35.5. The molecule has 1 aliphatic heterocycles. The summed E-state index contributed by atoms with van der Waals surface area (Å²) in [6.07, 6.45) is 1.64. The maximum atomic E-state index is 13.0. The molecule has 2 aromatic carbocycles. The summed E-state index contributed by atoms with van der Waals surface area (Å²) in [5, 5.41) is 4.95. The molecule has 0 aliphatic carbocycles. The highest BCUT2D eigenvalue weighted by Crippen LogP contribution is 2.34. The van der Waals surface area contributed by atoms with Gasteiger partial charge in [0.15, 0.2) is 0 Å². The van der Waals surface area contributed by atoms with Crippen molar-refractivity contribution in [1.82, 2.24) is 15.0 Å². The molecule has 1 saturated heterocycles. The van der Waals surface area contributed by atoms with Crippen LogP contribution < -0.4 is 0 Å². The lowest BCUT2D eigenvalue weighted by atomic mass is 10.1. The quantitative estimate of drug-likeness (QED) is 0.594. The number of hydrogen-bond donors (Lipinski definition) is 0. The number of halogens is 2. The van der Waals surface area contributed by atoms with Crippen LogP contribution in [0.15, 0.2) is 47.0 Å². The Morgan fingerprint density at radius 1 is 1.15 bits per heavy atom. The van der Waals surface area contributed by atoms with Gasteiger partial charge >= 0.3 is 0 Å². The molecular formula is C20H17Cl2N3O2. The molecule has 0 N–H and O–H groups in total. The van der Waals surface area contributed by atoms with Crippen LogP contribution in [0.25, 0.3) is 11.4 Å². The van der Waals surface area contributed by atoms with E-state index in [0.29, 0.717) is 33.9 Å². The maximum absolute atomic E-state index is 13.0. The second-order valence-electron chi connectivity index (χ2n) is 6.64. The second-order valence-corrected chi connectivity index (χ2v) is 7.51. The molecule has 7 heteroatoms. The summed E-state index contributed by atoms with van der Waals surface area (Å²) in [6.45, 7) is 2.64. The third-order valence-electron chi connectivity index (χ3n) is 4.66. The molecule has 1 aromatic heterocycles. The Hall–Kier alpha value is -2.37. The molecule has 0 radical (unpaired) electrons. The van der Waals surface area contributed by atoms with Gasteiger partial charge in [0.05, 0.1) is 0 Å². The Labute approximate surface area is 166 Å². The van der Waals surface area contributed by atoms with Gasteiger partial charge < -0.3 is 9.42 Å². The molecule has 1 amide bonds. The van der Waals surface area contributed by atoms with Crippen molar-refractivity contribution in [3.8, 4) is 11.4 Å². The van der Waals surface area contributed by atoms with Crippen molar-refractivity contribution in [3.05, 3.63) is 69.5 Å². The molecular weight excluding hydrogens is 385 g/mol. The van der Waals surface area contributed by atoms with Crippen LogP contribution >= 0.6 is 23.2 Å². The van der Waals surface area contributed by atoms with E-state index >= 15 is 0 Å². The van der Waals surface area contributed by atoms with Crippen LogP contribution in [-0.2, 0) is 0 Å². The molecule has 1 unspecified atom stereocenters. The number of amides is 1. The molecule has 1 atom stereocenters. The van der Waals surface area contributed by atoms with E-state index in [9.17, 15) is 4.79 Å². The van der Waals surface area contributed by atoms with Gasteiger partial charge in [-0.25, -0.2) is 0 Å². The van der Waals surface area contributed by atoms with Crippen LogP contribution in [0.4, 0.5) is 0 Å². The van der Waals surface area contributed by atoms with Gasteiger partial charge in [-0.3, -0.25) is 4.79 Å². The van der Waals surface area contributed by atoms with Crippen molar-refractivity contribution in [2.45, 2.75) is 25.8 Å². The molecule has 1 aliphatic rings. The Morgan fingerprint density at radius 3 is 2.56 bits per heavy atom. The van der Waals surface area contributed by atoms with Crippen LogP contribution in [0.5, 0.6) is 0 Å². The lowest BCUT2D eigenvalue weighted by Gasteiger charge is -2.22. The zero-order chi connectivity index (χ0) is 19.0. The van der Waals surface area contributed by atoms with Crippen LogP contribution in [0.3, 0.4) is 0 Å². The SMILES string of the molecule is Cc1ccc(-c2noc(C3CCCN3C(=O)c3cc(Cl)cc(Cl)c3)n2)cc1. The van der Waals surface area contributed by atoms with Gasteiger partial charge in [-0.2, -0.15) is 4.98 Å². The van der Waals surface area contributed by atoms with Crippen LogP contribution in [0.1, 0.15) is 40.7 Å². The van der Waals surface area contributed by atoms with Gasteiger partial charge in [-0.15, -0.1) is 0 Å². The Kier molecular flexibility index (Phi) is 4.89. The fourth-order valence-corrected chi connectivity index (χ4v) is 3.83. The van der Waals surface area contributed by atoms with Crippen LogP contribution in [0.2, 0.25) is 10.0 Å². The number of carbonyl (C=O) groups excluding carboxylic acids is 1. The number of benzene rings is 2. The first kappa shape index (κ1) is 18.0. The number of carbonyl (C=O) groups is 1. The van der Waals surface area contributed by atoms with Gasteiger partial charge in [-0.1, -0.05) is 58.2 Å². The summed E-state index contributed by atoms with van der Waals surface area (Å²) in [6, 6.07) is 12.5. The van der Waals surface area contributed by atoms with E-state index in [1.165, 1.54) is 0 Å². The largest absolute Gasteiger partial charge is 0.337 e. The van der Waals surface area contributed by atoms with E-state index in [1.807, 2.05) is 31.2 Å². The lowest BCUT2D eigenvalue weighted by molar-refractivity contribution is 0.0710. The van der Waals surface area contributed by atoms with E-state index in [4.69, 9.17) is 27.7 Å². The maximum Gasteiger partial charge on any atom is 0.254 e. The van der Waals surface area contributed by atoms with E-state index < -0.39 is 0 Å². The van der Waals surface area contributed by atoms with Gasteiger partial charge in [0.2, 0.25) is 11.7 Å². The van der Waals surface area contributed by atoms with Gasteiger partial charge in [0, 0.05) is 27.7 Å². The number of aryl methyl sites for hydroxylation is 1. The van der Waals surface area contributed by atoms with Crippen LogP contribution in [0, 0.1) is 6.92 Å². The summed E-state index contributed by atoms with van der Waals surface area (Å²) in [7, 11) is 0. The van der Waals surface area contributed by atoms with Gasteiger partial charge in [-0.05, 0) is 38.0 Å². The van der Waals surface area contributed by atoms with Crippen molar-refractivity contribution in [1.29, 1.82) is 0 Å². The average Bonchev–Trinajstić information content (AvgIpc) is 3.30.